The number of carbonyl (C=O) groups is 1. The van der Waals surface area contributed by atoms with Crippen LogP contribution in [0.25, 0.3) is 11.6 Å². The molecule has 0 aliphatic carbocycles. The van der Waals surface area contributed by atoms with Gasteiger partial charge in [0.1, 0.15) is 0 Å². The van der Waals surface area contributed by atoms with Gasteiger partial charge in [0, 0.05) is 35.9 Å². The van der Waals surface area contributed by atoms with Gasteiger partial charge >= 0.3 is 0 Å². The maximum Gasteiger partial charge on any atom is 0.267 e. The summed E-state index contributed by atoms with van der Waals surface area (Å²) in [4.78, 5) is 11.1. The summed E-state index contributed by atoms with van der Waals surface area (Å²) in [5.74, 6) is -0.539. The lowest BCUT2D eigenvalue weighted by Crippen LogP contribution is -2.14. The van der Waals surface area contributed by atoms with Crippen LogP contribution >= 0.6 is 0 Å². The van der Waals surface area contributed by atoms with Gasteiger partial charge in [-0.15, -0.1) is 0 Å². The summed E-state index contributed by atoms with van der Waals surface area (Å²) in [5.41, 5.74) is 6.22. The molecule has 2 aromatic heterocycles. The normalized spacial score (nSPS) is 12.4. The van der Waals surface area contributed by atoms with E-state index in [0.717, 1.165) is 28.6 Å². The zero-order chi connectivity index (χ0) is 19.2. The van der Waals surface area contributed by atoms with Crippen molar-refractivity contribution in [3.8, 4) is 0 Å². The highest BCUT2D eigenvalue weighted by atomic mass is 16.5. The molecule has 27 heavy (non-hydrogen) atoms. The second-order valence-electron chi connectivity index (χ2n) is 6.34. The third kappa shape index (κ3) is 4.30. The van der Waals surface area contributed by atoms with Gasteiger partial charge in [-0.1, -0.05) is 37.3 Å². The first-order chi connectivity index (χ1) is 13.1. The molecule has 0 spiro atoms. The summed E-state index contributed by atoms with van der Waals surface area (Å²) >= 11 is 0. The van der Waals surface area contributed by atoms with Crippen LogP contribution in [0.5, 0.6) is 0 Å². The Bertz CT molecular complexity index is 973. The van der Waals surface area contributed by atoms with Gasteiger partial charge in [0.25, 0.3) is 5.91 Å². The number of nitrogens with one attached hydrogen (secondary N) is 2. The van der Waals surface area contributed by atoms with Crippen LogP contribution < -0.4 is 5.48 Å². The van der Waals surface area contributed by atoms with Gasteiger partial charge in [-0.2, -0.15) is 5.10 Å². The van der Waals surface area contributed by atoms with Crippen LogP contribution in [0.1, 0.15) is 36.0 Å². The second-order valence-corrected chi connectivity index (χ2v) is 6.34. The van der Waals surface area contributed by atoms with Gasteiger partial charge in [0.15, 0.2) is 0 Å². The van der Waals surface area contributed by atoms with Gasteiger partial charge in [0.05, 0.1) is 11.7 Å². The number of amides is 1. The Morgan fingerprint density at radius 1 is 1.30 bits per heavy atom. The number of hydrogen-bond acceptors (Lipinski definition) is 4. The van der Waals surface area contributed by atoms with Gasteiger partial charge in [0.2, 0.25) is 0 Å². The van der Waals surface area contributed by atoms with E-state index in [9.17, 15) is 4.79 Å². The number of aromatic nitrogens is 2. The molecule has 3 aromatic rings. The molecule has 0 bridgehead atoms. The average molecular weight is 362 g/mol. The summed E-state index contributed by atoms with van der Waals surface area (Å²) in [5, 5.41) is 21.5. The number of rotatable bonds is 7. The Kier molecular flexibility index (Phi) is 5.78. The van der Waals surface area contributed by atoms with E-state index in [1.807, 2.05) is 59.4 Å². The van der Waals surface area contributed by atoms with Crippen molar-refractivity contribution < 1.29 is 10.0 Å². The smallest absolute Gasteiger partial charge is 0.267 e. The molecule has 1 aromatic carbocycles. The molecule has 1 amide bonds. The van der Waals surface area contributed by atoms with E-state index in [4.69, 9.17) is 10.6 Å². The van der Waals surface area contributed by atoms with Crippen molar-refractivity contribution in [3.63, 3.8) is 0 Å². The first-order valence-electron chi connectivity index (χ1n) is 8.83. The third-order valence-corrected chi connectivity index (χ3v) is 4.59. The van der Waals surface area contributed by atoms with E-state index < -0.39 is 5.91 Å². The number of pyridine rings is 1. The quantitative estimate of drug-likeness (QED) is 0.259. The molecule has 1 atom stereocenters. The SMILES string of the molecule is CC[C@H](C(=N)Cc1cnn2ccccc12)c1ccc(/C=C/C(=O)NO)cc1. The number of carbonyl (C=O) groups excluding carboxylic acids is 1. The monoisotopic (exact) mass is 362 g/mol. The molecule has 6 heteroatoms. The van der Waals surface area contributed by atoms with Crippen LogP contribution in [0, 0.1) is 5.41 Å². The molecule has 0 aliphatic rings. The fraction of sp³-hybridized carbons (Fsp3) is 0.190. The van der Waals surface area contributed by atoms with Crippen molar-refractivity contribution >= 4 is 23.2 Å². The van der Waals surface area contributed by atoms with Crippen LogP contribution in [0.4, 0.5) is 0 Å². The summed E-state index contributed by atoms with van der Waals surface area (Å²) in [7, 11) is 0. The Morgan fingerprint density at radius 3 is 2.78 bits per heavy atom. The minimum atomic E-state index is -0.569. The van der Waals surface area contributed by atoms with Crippen LogP contribution in [-0.4, -0.2) is 26.4 Å². The van der Waals surface area contributed by atoms with Gasteiger partial charge in [-0.05, 0) is 35.8 Å². The number of hydrogen-bond donors (Lipinski definition) is 3. The minimum Gasteiger partial charge on any atom is -0.309 e. The van der Waals surface area contributed by atoms with Gasteiger partial charge < -0.3 is 5.41 Å². The van der Waals surface area contributed by atoms with Crippen LogP contribution in [0.15, 0.2) is 60.9 Å². The maximum atomic E-state index is 11.1. The molecule has 3 N–H and O–H groups in total. The first-order valence-corrected chi connectivity index (χ1v) is 8.83. The lowest BCUT2D eigenvalue weighted by atomic mass is 9.88. The highest BCUT2D eigenvalue weighted by molar-refractivity contribution is 5.92. The molecular formula is C21H22N4O2. The molecule has 138 valence electrons. The van der Waals surface area contributed by atoms with Crippen molar-refractivity contribution in [2.24, 2.45) is 0 Å². The standard InChI is InChI=1S/C21H22N4O2/c1-2-18(16-9-6-15(7-10-16)8-11-21(26)24-27)19(22)13-17-14-23-25-12-4-3-5-20(17)25/h3-12,14,18,22,27H,2,13H2,1H3,(H,24,26)/b11-8+,22-19?/t18-/m0/s1. The molecule has 0 aliphatic heterocycles. The predicted octanol–water partition coefficient (Wildman–Crippen LogP) is 3.61. The Hall–Kier alpha value is -3.25. The minimum absolute atomic E-state index is 0.0300. The van der Waals surface area contributed by atoms with Gasteiger partial charge in [-0.25, -0.2) is 10.00 Å². The van der Waals surface area contributed by atoms with Crippen molar-refractivity contribution in [2.45, 2.75) is 25.7 Å². The fourth-order valence-electron chi connectivity index (χ4n) is 3.18. The van der Waals surface area contributed by atoms with E-state index in [1.165, 1.54) is 6.08 Å². The second kappa shape index (κ2) is 8.42. The molecular weight excluding hydrogens is 340 g/mol. The predicted molar refractivity (Wildman–Crippen MR) is 105 cm³/mol. The van der Waals surface area contributed by atoms with Gasteiger partial charge in [-0.3, -0.25) is 10.0 Å². The van der Waals surface area contributed by atoms with Crippen molar-refractivity contribution in [1.29, 1.82) is 5.41 Å². The highest BCUT2D eigenvalue weighted by Crippen LogP contribution is 2.24. The number of hydroxylamine groups is 1. The number of fused-ring (bicyclic) bond motifs is 1. The zero-order valence-electron chi connectivity index (χ0n) is 15.1. The average Bonchev–Trinajstić information content (AvgIpc) is 3.10. The lowest BCUT2D eigenvalue weighted by molar-refractivity contribution is -0.124. The Morgan fingerprint density at radius 2 is 2.07 bits per heavy atom. The van der Waals surface area contributed by atoms with Crippen LogP contribution in [0.2, 0.25) is 0 Å². The number of benzene rings is 1. The van der Waals surface area contributed by atoms with E-state index in [2.05, 4.69) is 12.0 Å². The van der Waals surface area contributed by atoms with Crippen LogP contribution in [0.3, 0.4) is 0 Å². The van der Waals surface area contributed by atoms with E-state index in [1.54, 1.807) is 11.6 Å². The summed E-state index contributed by atoms with van der Waals surface area (Å²) in [6, 6.07) is 13.7. The third-order valence-electron chi connectivity index (χ3n) is 4.59. The summed E-state index contributed by atoms with van der Waals surface area (Å²) in [6.07, 6.45) is 8.02. The number of nitrogens with zero attached hydrogens (tertiary/aromatic N) is 2. The van der Waals surface area contributed by atoms with E-state index in [-0.39, 0.29) is 5.92 Å². The highest BCUT2D eigenvalue weighted by Gasteiger charge is 2.17. The fourth-order valence-corrected chi connectivity index (χ4v) is 3.18. The molecule has 0 fully saturated rings. The molecule has 0 radical (unpaired) electrons. The van der Waals surface area contributed by atoms with Crippen molar-refractivity contribution in [1.82, 2.24) is 15.1 Å². The first kappa shape index (κ1) is 18.5. The molecule has 0 saturated carbocycles. The molecule has 2 heterocycles. The Labute approximate surface area is 157 Å². The van der Waals surface area contributed by atoms with Crippen molar-refractivity contribution in [3.05, 3.63) is 77.6 Å². The van der Waals surface area contributed by atoms with E-state index >= 15 is 0 Å². The van der Waals surface area contributed by atoms with Crippen molar-refractivity contribution in [2.75, 3.05) is 0 Å². The van der Waals surface area contributed by atoms with E-state index in [0.29, 0.717) is 12.1 Å². The summed E-state index contributed by atoms with van der Waals surface area (Å²) in [6.45, 7) is 2.08. The Balaban J connectivity index is 1.75. The molecule has 0 unspecified atom stereocenters. The zero-order valence-corrected chi connectivity index (χ0v) is 15.1. The molecule has 6 nitrogen and oxygen atoms in total. The summed E-state index contributed by atoms with van der Waals surface area (Å²) < 4.78 is 1.83. The topological polar surface area (TPSA) is 90.5 Å². The maximum absolute atomic E-state index is 11.1. The molecule has 0 saturated heterocycles. The largest absolute Gasteiger partial charge is 0.309 e. The molecule has 3 rings (SSSR count). The van der Waals surface area contributed by atoms with Crippen LogP contribution in [-0.2, 0) is 11.2 Å². The lowest BCUT2D eigenvalue weighted by Gasteiger charge is -2.17.